The Hall–Kier alpha value is -0.480. The second-order valence-corrected chi connectivity index (χ2v) is 5.41. The Morgan fingerprint density at radius 2 is 2.19 bits per heavy atom. The lowest BCUT2D eigenvalue weighted by atomic mass is 9.99. The highest BCUT2D eigenvalue weighted by Crippen LogP contribution is 2.39. The third-order valence-electron chi connectivity index (χ3n) is 3.29. The van der Waals surface area contributed by atoms with Crippen LogP contribution >= 0.6 is 11.5 Å². The minimum atomic E-state index is 0.495. The topological polar surface area (TPSA) is 37.8 Å². The van der Waals surface area contributed by atoms with Gasteiger partial charge < -0.3 is 5.32 Å². The number of hydrogen-bond acceptors (Lipinski definition) is 4. The van der Waals surface area contributed by atoms with Crippen LogP contribution in [0.1, 0.15) is 62.7 Å². The monoisotopic (exact) mass is 239 g/mol. The first-order valence-corrected chi connectivity index (χ1v) is 7.10. The van der Waals surface area contributed by atoms with Crippen molar-refractivity contribution in [3.8, 4) is 0 Å². The van der Waals surface area contributed by atoms with Gasteiger partial charge in [0.25, 0.3) is 0 Å². The second kappa shape index (κ2) is 5.23. The van der Waals surface area contributed by atoms with Crippen LogP contribution in [-0.4, -0.2) is 21.9 Å². The van der Waals surface area contributed by atoms with Crippen molar-refractivity contribution in [2.45, 2.75) is 57.9 Å². The maximum absolute atomic E-state index is 4.71. The third-order valence-corrected chi connectivity index (χ3v) is 4.15. The molecule has 1 fully saturated rings. The lowest BCUT2D eigenvalue weighted by Crippen LogP contribution is -2.31. The molecule has 2 rings (SSSR count). The Kier molecular flexibility index (Phi) is 3.92. The molecule has 16 heavy (non-hydrogen) atoms. The molecule has 4 heteroatoms. The molecule has 0 aliphatic heterocycles. The fourth-order valence-corrected chi connectivity index (χ4v) is 3.13. The molecule has 1 aromatic heterocycles. The van der Waals surface area contributed by atoms with Gasteiger partial charge in [-0.15, -0.1) is 0 Å². The van der Waals surface area contributed by atoms with Crippen LogP contribution in [-0.2, 0) is 0 Å². The van der Waals surface area contributed by atoms with E-state index in [0.29, 0.717) is 17.9 Å². The number of likely N-dealkylation sites (N-methyl/N-ethyl adjacent to an activating group) is 1. The molecule has 3 nitrogen and oxygen atoms in total. The maximum Gasteiger partial charge on any atom is 0.145 e. The molecule has 0 saturated heterocycles. The lowest BCUT2D eigenvalue weighted by Gasteiger charge is -2.20. The summed E-state index contributed by atoms with van der Waals surface area (Å²) in [5.74, 6) is 2.30. The van der Waals surface area contributed by atoms with Crippen molar-refractivity contribution < 1.29 is 0 Å². The summed E-state index contributed by atoms with van der Waals surface area (Å²) in [5, 5.41) is 4.71. The van der Waals surface area contributed by atoms with Gasteiger partial charge in [-0.2, -0.15) is 4.37 Å². The van der Waals surface area contributed by atoms with Crippen LogP contribution < -0.4 is 5.32 Å². The summed E-state index contributed by atoms with van der Waals surface area (Å²) >= 11 is 1.60. The Morgan fingerprint density at radius 3 is 2.75 bits per heavy atom. The van der Waals surface area contributed by atoms with E-state index in [1.807, 2.05) is 0 Å². The third kappa shape index (κ3) is 2.61. The molecular weight excluding hydrogens is 218 g/mol. The smallest absolute Gasteiger partial charge is 0.145 e. The van der Waals surface area contributed by atoms with Crippen LogP contribution in [0.5, 0.6) is 0 Å². The second-order valence-electron chi connectivity index (χ2n) is 4.63. The van der Waals surface area contributed by atoms with Crippen molar-refractivity contribution in [2.75, 3.05) is 6.54 Å². The van der Waals surface area contributed by atoms with Gasteiger partial charge in [0.05, 0.1) is 0 Å². The van der Waals surface area contributed by atoms with Gasteiger partial charge in [0.2, 0.25) is 0 Å². The van der Waals surface area contributed by atoms with Gasteiger partial charge in [-0.3, -0.25) is 0 Å². The van der Waals surface area contributed by atoms with Crippen molar-refractivity contribution in [1.82, 2.24) is 14.7 Å². The Bertz CT molecular complexity index is 333. The van der Waals surface area contributed by atoms with E-state index in [0.717, 1.165) is 18.8 Å². The zero-order valence-electron chi connectivity index (χ0n) is 10.4. The van der Waals surface area contributed by atoms with Crippen molar-refractivity contribution in [3.05, 3.63) is 10.8 Å². The minimum absolute atomic E-state index is 0.495. The van der Waals surface area contributed by atoms with Crippen LogP contribution in [0.3, 0.4) is 0 Å². The van der Waals surface area contributed by atoms with Crippen molar-refractivity contribution in [1.29, 1.82) is 0 Å². The van der Waals surface area contributed by atoms with Gasteiger partial charge in [-0.1, -0.05) is 13.8 Å². The lowest BCUT2D eigenvalue weighted by molar-refractivity contribution is 0.458. The van der Waals surface area contributed by atoms with E-state index in [1.165, 1.54) is 17.8 Å². The molecule has 1 saturated carbocycles. The minimum Gasteiger partial charge on any atom is -0.314 e. The van der Waals surface area contributed by atoms with Crippen LogP contribution in [0.2, 0.25) is 0 Å². The number of rotatable bonds is 6. The highest BCUT2D eigenvalue weighted by Gasteiger charge is 2.29. The molecule has 1 N–H and O–H groups in total. The van der Waals surface area contributed by atoms with E-state index in [9.17, 15) is 0 Å². The average Bonchev–Trinajstić information content (AvgIpc) is 3.01. The molecule has 1 heterocycles. The molecule has 0 spiro atoms. The summed E-state index contributed by atoms with van der Waals surface area (Å²) in [5.41, 5.74) is 0. The first-order valence-electron chi connectivity index (χ1n) is 6.33. The Labute approximate surface area is 102 Å². The summed E-state index contributed by atoms with van der Waals surface area (Å²) in [7, 11) is 0. The summed E-state index contributed by atoms with van der Waals surface area (Å²) < 4.78 is 4.49. The largest absolute Gasteiger partial charge is 0.314 e. The van der Waals surface area contributed by atoms with Crippen LogP contribution in [0.25, 0.3) is 0 Å². The predicted octanol–water partition coefficient (Wildman–Crippen LogP) is 2.91. The average molecular weight is 239 g/mol. The normalized spacial score (nSPS) is 19.7. The van der Waals surface area contributed by atoms with E-state index in [1.54, 1.807) is 11.5 Å². The van der Waals surface area contributed by atoms with Gasteiger partial charge in [0.15, 0.2) is 0 Å². The molecule has 1 aromatic rings. The molecule has 2 unspecified atom stereocenters. The van der Waals surface area contributed by atoms with E-state index in [-0.39, 0.29) is 0 Å². The molecule has 0 radical (unpaired) electrons. The molecular formula is C12H21N3S. The molecule has 0 amide bonds. The van der Waals surface area contributed by atoms with Gasteiger partial charge in [0, 0.05) is 17.9 Å². The fraction of sp³-hybridized carbons (Fsp3) is 0.833. The first-order chi connectivity index (χ1) is 7.76. The predicted molar refractivity (Wildman–Crippen MR) is 68.1 cm³/mol. The molecule has 90 valence electrons. The zero-order chi connectivity index (χ0) is 11.5. The van der Waals surface area contributed by atoms with E-state index in [4.69, 9.17) is 4.98 Å². The van der Waals surface area contributed by atoms with Gasteiger partial charge in [-0.25, -0.2) is 4.98 Å². The van der Waals surface area contributed by atoms with Gasteiger partial charge >= 0.3 is 0 Å². The summed E-state index contributed by atoms with van der Waals surface area (Å²) in [4.78, 5) is 4.71. The quantitative estimate of drug-likeness (QED) is 0.829. The molecule has 0 bridgehead atoms. The van der Waals surface area contributed by atoms with Crippen LogP contribution in [0.15, 0.2) is 0 Å². The number of hydrogen-bond donors (Lipinski definition) is 1. The molecule has 0 aromatic carbocycles. The highest BCUT2D eigenvalue weighted by molar-refractivity contribution is 7.05. The van der Waals surface area contributed by atoms with Gasteiger partial charge in [-0.05, 0) is 44.3 Å². The molecule has 2 atom stereocenters. The summed E-state index contributed by atoms with van der Waals surface area (Å²) in [6.45, 7) is 7.65. The van der Waals surface area contributed by atoms with E-state index in [2.05, 4.69) is 30.5 Å². The zero-order valence-corrected chi connectivity index (χ0v) is 11.2. The molecule has 1 aliphatic rings. The Balaban J connectivity index is 2.06. The number of nitrogens with one attached hydrogen (secondary N) is 1. The van der Waals surface area contributed by atoms with Gasteiger partial charge in [0.1, 0.15) is 10.8 Å². The summed E-state index contributed by atoms with van der Waals surface area (Å²) in [6, 6.07) is 0.495. The van der Waals surface area contributed by atoms with E-state index < -0.39 is 0 Å². The van der Waals surface area contributed by atoms with Crippen LogP contribution in [0.4, 0.5) is 0 Å². The fourth-order valence-electron chi connectivity index (χ4n) is 2.11. The highest BCUT2D eigenvalue weighted by atomic mass is 32.1. The standard InChI is InChI=1S/C12H21N3S/c1-4-10(8(3)13-5-2)12-14-11(15-16-12)9-6-7-9/h8-10,13H,4-7H2,1-3H3. The Morgan fingerprint density at radius 1 is 1.44 bits per heavy atom. The van der Waals surface area contributed by atoms with Crippen molar-refractivity contribution in [3.63, 3.8) is 0 Å². The number of nitrogens with zero attached hydrogens (tertiary/aromatic N) is 2. The van der Waals surface area contributed by atoms with Crippen molar-refractivity contribution in [2.24, 2.45) is 0 Å². The number of aromatic nitrogens is 2. The summed E-state index contributed by atoms with van der Waals surface area (Å²) in [6.07, 6.45) is 3.71. The first kappa shape index (κ1) is 12.0. The molecule has 1 aliphatic carbocycles. The maximum atomic E-state index is 4.71. The van der Waals surface area contributed by atoms with E-state index >= 15 is 0 Å². The van der Waals surface area contributed by atoms with Crippen molar-refractivity contribution >= 4 is 11.5 Å². The van der Waals surface area contributed by atoms with Crippen LogP contribution in [0, 0.1) is 0 Å². The SMILES string of the molecule is CCNC(C)C(CC)c1nc(C2CC2)ns1.